The second-order valence-corrected chi connectivity index (χ2v) is 6.12. The average Bonchev–Trinajstić information content (AvgIpc) is 2.63. The number of amides is 2. The van der Waals surface area contributed by atoms with Crippen LogP contribution < -0.4 is 10.6 Å². The summed E-state index contributed by atoms with van der Waals surface area (Å²) in [6.07, 6.45) is 0. The first-order valence-corrected chi connectivity index (χ1v) is 8.12. The third-order valence-corrected chi connectivity index (χ3v) is 3.88. The maximum atomic E-state index is 14.7. The molecule has 0 saturated carbocycles. The number of rotatable bonds is 7. The van der Waals surface area contributed by atoms with Crippen molar-refractivity contribution in [1.82, 2.24) is 10.6 Å². The molecule has 0 aromatic heterocycles. The minimum atomic E-state index is -3.12. The smallest absolute Gasteiger partial charge is 0.330 e. The van der Waals surface area contributed by atoms with Gasteiger partial charge in [-0.3, -0.25) is 9.59 Å². The van der Waals surface area contributed by atoms with Crippen molar-refractivity contribution in [2.75, 3.05) is 0 Å². The topological polar surface area (TPSA) is 95.5 Å². The molecule has 28 heavy (non-hydrogen) atoms. The van der Waals surface area contributed by atoms with E-state index in [4.69, 9.17) is 0 Å². The number of hydrogen-bond donors (Lipinski definition) is 3. The number of aliphatic carboxylic acids is 1. The maximum absolute atomic E-state index is 14.7. The lowest BCUT2D eigenvalue weighted by Gasteiger charge is -2.22. The molecule has 2 aromatic rings. The second-order valence-electron chi connectivity index (χ2n) is 6.12. The summed E-state index contributed by atoms with van der Waals surface area (Å²) in [5, 5.41) is 13.3. The van der Waals surface area contributed by atoms with Gasteiger partial charge in [-0.05, 0) is 30.2 Å². The summed E-state index contributed by atoms with van der Waals surface area (Å²) in [7, 11) is 0. The van der Waals surface area contributed by atoms with Gasteiger partial charge in [-0.1, -0.05) is 30.3 Å². The highest BCUT2D eigenvalue weighted by atomic mass is 19.1. The number of nitrogens with one attached hydrogen (secondary N) is 2. The lowest BCUT2D eigenvalue weighted by atomic mass is 10.0. The molecule has 0 radical (unpaired) electrons. The van der Waals surface area contributed by atoms with Crippen LogP contribution in [0.3, 0.4) is 0 Å². The zero-order valence-corrected chi connectivity index (χ0v) is 14.7. The van der Waals surface area contributed by atoms with Crippen molar-refractivity contribution in [3.63, 3.8) is 0 Å². The molecule has 1 unspecified atom stereocenters. The Morgan fingerprint density at radius 3 is 2.14 bits per heavy atom. The molecule has 6 nitrogen and oxygen atoms in total. The Morgan fingerprint density at radius 2 is 1.61 bits per heavy atom. The number of carbonyl (C=O) groups is 3. The van der Waals surface area contributed by atoms with Gasteiger partial charge in [0.2, 0.25) is 0 Å². The van der Waals surface area contributed by atoms with Gasteiger partial charge in [0.1, 0.15) is 11.6 Å². The summed E-state index contributed by atoms with van der Waals surface area (Å²) in [6, 6.07) is 8.51. The van der Waals surface area contributed by atoms with Gasteiger partial charge < -0.3 is 15.7 Å². The summed E-state index contributed by atoms with van der Waals surface area (Å²) in [5.74, 6) is -6.04. The van der Waals surface area contributed by atoms with Gasteiger partial charge in [-0.15, -0.1) is 0 Å². The predicted molar refractivity (Wildman–Crippen MR) is 92.7 cm³/mol. The van der Waals surface area contributed by atoms with E-state index >= 15 is 0 Å². The van der Waals surface area contributed by atoms with Crippen molar-refractivity contribution in [3.05, 3.63) is 71.3 Å². The Morgan fingerprint density at radius 1 is 1.04 bits per heavy atom. The molecular weight excluding hydrogens is 377 g/mol. The van der Waals surface area contributed by atoms with E-state index < -0.39 is 47.7 Å². The first-order chi connectivity index (χ1) is 13.1. The van der Waals surface area contributed by atoms with Gasteiger partial charge in [0, 0.05) is 12.6 Å². The normalized spacial score (nSPS) is 13.9. The van der Waals surface area contributed by atoms with E-state index in [9.17, 15) is 32.7 Å². The fourth-order valence-corrected chi connectivity index (χ4v) is 2.36. The summed E-state index contributed by atoms with van der Waals surface area (Å²) >= 11 is 0. The van der Waals surface area contributed by atoms with Crippen LogP contribution in [-0.2, 0) is 20.9 Å². The third-order valence-electron chi connectivity index (χ3n) is 3.88. The van der Waals surface area contributed by atoms with Gasteiger partial charge in [0.25, 0.3) is 17.5 Å². The highest BCUT2D eigenvalue weighted by Gasteiger charge is 2.43. The zero-order valence-electron chi connectivity index (χ0n) is 14.7. The first-order valence-electron chi connectivity index (χ1n) is 8.12. The van der Waals surface area contributed by atoms with Crippen LogP contribution in [0.25, 0.3) is 0 Å². The molecule has 9 heteroatoms. The maximum Gasteiger partial charge on any atom is 0.330 e. The fraction of sp³-hybridized carbons (Fsp3) is 0.211. The average molecular weight is 394 g/mol. The standard InChI is InChI=1S/C19H17F3N2O4/c1-19(22,17(27)23-10-11-7-13(20)9-14(21)8-11)18(28)24-15(16(25)26)12-5-3-2-4-6-12/h2-9,15H,10H2,1H3,(H,23,27)(H,24,28)(H,25,26)/t15-,19?/m0/s1. The Balaban J connectivity index is 2.07. The number of carbonyl (C=O) groups excluding carboxylic acids is 2. The molecule has 2 aromatic carbocycles. The molecule has 148 valence electrons. The lowest BCUT2D eigenvalue weighted by molar-refractivity contribution is -0.149. The molecule has 3 N–H and O–H groups in total. The van der Waals surface area contributed by atoms with Crippen molar-refractivity contribution >= 4 is 17.8 Å². The monoisotopic (exact) mass is 394 g/mol. The number of benzene rings is 2. The first kappa shape index (κ1) is 20.9. The quantitative estimate of drug-likeness (QED) is 0.628. The van der Waals surface area contributed by atoms with Crippen LogP contribution in [0.1, 0.15) is 24.1 Å². The van der Waals surface area contributed by atoms with Gasteiger partial charge in [0.15, 0.2) is 6.04 Å². The number of halogens is 3. The second kappa shape index (κ2) is 8.55. The molecule has 2 amide bonds. The summed E-state index contributed by atoms with van der Waals surface area (Å²) < 4.78 is 41.0. The third kappa shape index (κ3) is 5.09. The van der Waals surface area contributed by atoms with E-state index in [1.807, 2.05) is 5.32 Å². The number of carboxylic acids is 1. The number of alkyl halides is 1. The van der Waals surface area contributed by atoms with Crippen LogP contribution in [0.5, 0.6) is 0 Å². The van der Waals surface area contributed by atoms with E-state index in [1.54, 1.807) is 6.07 Å². The Bertz CT molecular complexity index is 868. The highest BCUT2D eigenvalue weighted by molar-refractivity contribution is 6.08. The zero-order chi connectivity index (χ0) is 20.9. The Labute approximate surface area is 158 Å². The Kier molecular flexibility index (Phi) is 6.40. The predicted octanol–water partition coefficient (Wildman–Crippen LogP) is 2.25. The van der Waals surface area contributed by atoms with Crippen molar-refractivity contribution < 1.29 is 32.7 Å². The minimum absolute atomic E-state index is 0.0229. The van der Waals surface area contributed by atoms with E-state index in [1.165, 1.54) is 24.3 Å². The fourth-order valence-electron chi connectivity index (χ4n) is 2.36. The van der Waals surface area contributed by atoms with Gasteiger partial charge in [-0.25, -0.2) is 18.0 Å². The largest absolute Gasteiger partial charge is 0.479 e. The van der Waals surface area contributed by atoms with E-state index in [0.717, 1.165) is 12.1 Å². The SMILES string of the molecule is CC(F)(C(=O)NCc1cc(F)cc(F)c1)C(=O)N[C@H](C(=O)O)c1ccccc1. The molecule has 0 aliphatic rings. The van der Waals surface area contributed by atoms with Gasteiger partial charge >= 0.3 is 5.97 Å². The summed E-state index contributed by atoms with van der Waals surface area (Å²) in [6.45, 7) is 0.231. The molecule has 0 spiro atoms. The number of carboxylic acid groups (broad SMARTS) is 1. The van der Waals surface area contributed by atoms with Gasteiger partial charge in [0.05, 0.1) is 0 Å². The molecule has 0 fully saturated rings. The van der Waals surface area contributed by atoms with E-state index in [-0.39, 0.29) is 11.1 Å². The highest BCUT2D eigenvalue weighted by Crippen LogP contribution is 2.18. The molecule has 2 rings (SSSR count). The van der Waals surface area contributed by atoms with Gasteiger partial charge in [-0.2, -0.15) is 0 Å². The lowest BCUT2D eigenvalue weighted by Crippen LogP contribution is -2.53. The van der Waals surface area contributed by atoms with E-state index in [0.29, 0.717) is 13.0 Å². The van der Waals surface area contributed by atoms with Crippen molar-refractivity contribution in [2.45, 2.75) is 25.2 Å². The van der Waals surface area contributed by atoms with Crippen LogP contribution >= 0.6 is 0 Å². The van der Waals surface area contributed by atoms with Crippen LogP contribution in [0.15, 0.2) is 48.5 Å². The van der Waals surface area contributed by atoms with Crippen LogP contribution in [0.4, 0.5) is 13.2 Å². The molecule has 0 saturated heterocycles. The summed E-state index contributed by atoms with van der Waals surface area (Å²) in [4.78, 5) is 35.6. The Hall–Kier alpha value is -3.36. The minimum Gasteiger partial charge on any atom is -0.479 e. The molecule has 0 heterocycles. The van der Waals surface area contributed by atoms with Crippen LogP contribution in [0.2, 0.25) is 0 Å². The van der Waals surface area contributed by atoms with E-state index in [2.05, 4.69) is 5.32 Å². The van der Waals surface area contributed by atoms with Crippen LogP contribution in [-0.4, -0.2) is 28.6 Å². The molecule has 2 atom stereocenters. The summed E-state index contributed by atoms with van der Waals surface area (Å²) in [5.41, 5.74) is -2.90. The molecule has 0 aliphatic carbocycles. The van der Waals surface area contributed by atoms with Crippen LogP contribution in [0, 0.1) is 11.6 Å². The molecule has 0 bridgehead atoms. The van der Waals surface area contributed by atoms with Crippen molar-refractivity contribution in [1.29, 1.82) is 0 Å². The number of hydrogen-bond acceptors (Lipinski definition) is 3. The van der Waals surface area contributed by atoms with Crippen molar-refractivity contribution in [3.8, 4) is 0 Å². The molecular formula is C19H17F3N2O4. The molecule has 0 aliphatic heterocycles. The van der Waals surface area contributed by atoms with Crippen molar-refractivity contribution in [2.24, 2.45) is 0 Å².